The van der Waals surface area contributed by atoms with E-state index in [0.29, 0.717) is 0 Å². The molecule has 4 fully saturated rings. The van der Waals surface area contributed by atoms with Crippen LogP contribution in [-0.4, -0.2) is 37.0 Å². The standard InChI is InChI=1S/C18H23N4Se/c1-12(16-4-2-3-5-19-16)21-22-17(23)20-18-9-13-6-14(10-18)8-15(7-13)11-18/h2-5,13-15H,6-11H2,1H3,(H,20,22). The molecule has 121 valence electrons. The van der Waals surface area contributed by atoms with Gasteiger partial charge in [0.1, 0.15) is 0 Å². The van der Waals surface area contributed by atoms with Crippen LogP contribution in [0.3, 0.4) is 0 Å². The minimum atomic E-state index is 0.177. The van der Waals surface area contributed by atoms with Crippen LogP contribution in [0.1, 0.15) is 51.1 Å². The maximum absolute atomic E-state index is 5.06. The van der Waals surface area contributed by atoms with Crippen molar-refractivity contribution >= 4 is 26.5 Å². The van der Waals surface area contributed by atoms with Crippen LogP contribution < -0.4 is 5.43 Å². The quantitative estimate of drug-likeness (QED) is 0.383. The summed E-state index contributed by atoms with van der Waals surface area (Å²) in [5.74, 6) is 2.74. The first kappa shape index (κ1) is 15.3. The Morgan fingerprint density at radius 3 is 2.39 bits per heavy atom. The Balaban J connectivity index is 1.47. The van der Waals surface area contributed by atoms with E-state index in [-0.39, 0.29) is 5.54 Å². The average Bonchev–Trinajstić information content (AvgIpc) is 2.51. The van der Waals surface area contributed by atoms with E-state index in [9.17, 15) is 0 Å². The Kier molecular flexibility index (Phi) is 4.02. The van der Waals surface area contributed by atoms with E-state index < -0.39 is 0 Å². The molecule has 0 amide bonds. The monoisotopic (exact) mass is 375 g/mol. The molecule has 23 heavy (non-hydrogen) atoms. The van der Waals surface area contributed by atoms with Crippen molar-refractivity contribution in [3.05, 3.63) is 30.1 Å². The molecule has 1 heterocycles. The maximum atomic E-state index is 5.06. The van der Waals surface area contributed by atoms with E-state index in [1.807, 2.05) is 25.1 Å². The van der Waals surface area contributed by atoms with Crippen LogP contribution in [0.2, 0.25) is 0 Å². The molecule has 0 saturated heterocycles. The Bertz CT molecular complexity index is 602. The van der Waals surface area contributed by atoms with E-state index in [4.69, 9.17) is 4.99 Å². The van der Waals surface area contributed by atoms with E-state index in [2.05, 4.69) is 31.5 Å². The molecule has 5 heteroatoms. The third-order valence-electron chi connectivity index (χ3n) is 5.70. The van der Waals surface area contributed by atoms with Crippen LogP contribution in [-0.2, 0) is 0 Å². The minimum absolute atomic E-state index is 0.177. The summed E-state index contributed by atoms with van der Waals surface area (Å²) < 4.78 is 0.822. The SMILES string of the molecule is CC(=NNC([Se])=NC12CC3CC(CC(C3)C1)C2)c1ccccn1. The Morgan fingerprint density at radius 1 is 1.17 bits per heavy atom. The van der Waals surface area contributed by atoms with E-state index >= 15 is 0 Å². The molecule has 1 aromatic heterocycles. The van der Waals surface area contributed by atoms with Gasteiger partial charge in [0.15, 0.2) is 0 Å². The third-order valence-corrected chi connectivity index (χ3v) is 6.08. The number of rotatable bonds is 3. The second kappa shape index (κ2) is 6.03. The molecule has 0 spiro atoms. The van der Waals surface area contributed by atoms with E-state index in [1.54, 1.807) is 6.20 Å². The Hall–Kier alpha value is -1.19. The molecule has 4 nitrogen and oxygen atoms in total. The normalized spacial score (nSPS) is 36.3. The van der Waals surface area contributed by atoms with Gasteiger partial charge in [-0.05, 0) is 0 Å². The predicted molar refractivity (Wildman–Crippen MR) is 93.7 cm³/mol. The second-order valence-corrected chi connectivity index (χ2v) is 8.39. The van der Waals surface area contributed by atoms with Gasteiger partial charge in [-0.25, -0.2) is 0 Å². The van der Waals surface area contributed by atoms with Crippen LogP contribution in [0.15, 0.2) is 34.5 Å². The van der Waals surface area contributed by atoms with Gasteiger partial charge >= 0.3 is 146 Å². The van der Waals surface area contributed by atoms with Gasteiger partial charge in [0.05, 0.1) is 0 Å². The molecule has 4 saturated carbocycles. The molecule has 4 aliphatic carbocycles. The summed E-state index contributed by atoms with van der Waals surface area (Å²) in [6, 6.07) is 5.86. The first-order valence-electron chi connectivity index (χ1n) is 8.60. The number of pyridine rings is 1. The molecule has 0 aromatic carbocycles. The molecule has 0 atom stereocenters. The number of hydrogen-bond acceptors (Lipinski definition) is 3. The summed E-state index contributed by atoms with van der Waals surface area (Å²) in [5.41, 5.74) is 5.04. The summed E-state index contributed by atoms with van der Waals surface area (Å²) in [6.45, 7) is 1.97. The molecule has 5 rings (SSSR count). The number of aliphatic imine (C=N–C) groups is 1. The van der Waals surface area contributed by atoms with Crippen molar-refractivity contribution in [2.24, 2.45) is 27.8 Å². The summed E-state index contributed by atoms with van der Waals surface area (Å²) in [7, 11) is 0. The molecule has 0 unspecified atom stereocenters. The van der Waals surface area contributed by atoms with Crippen molar-refractivity contribution < 1.29 is 0 Å². The summed E-state index contributed by atoms with van der Waals surface area (Å²) in [4.78, 5) is 9.37. The van der Waals surface area contributed by atoms with Gasteiger partial charge in [-0.3, -0.25) is 0 Å². The summed E-state index contributed by atoms with van der Waals surface area (Å²) >= 11 is 3.07. The number of hydrogen-bond donors (Lipinski definition) is 1. The zero-order chi connectivity index (χ0) is 15.9. The van der Waals surface area contributed by atoms with Crippen molar-refractivity contribution in [3.8, 4) is 0 Å². The number of amidine groups is 1. The first-order chi connectivity index (χ1) is 11.1. The van der Waals surface area contributed by atoms with Gasteiger partial charge in [0, 0.05) is 0 Å². The fourth-order valence-electron chi connectivity index (χ4n) is 5.21. The molecule has 1 N–H and O–H groups in total. The average molecular weight is 374 g/mol. The number of nitrogens with zero attached hydrogens (tertiary/aromatic N) is 3. The predicted octanol–water partition coefficient (Wildman–Crippen LogP) is 2.89. The molecule has 4 aliphatic rings. The molecule has 0 aliphatic heterocycles. The number of hydrazone groups is 1. The van der Waals surface area contributed by atoms with Crippen LogP contribution in [0.4, 0.5) is 0 Å². The molecule has 4 bridgehead atoms. The van der Waals surface area contributed by atoms with E-state index in [1.165, 1.54) is 38.5 Å². The third kappa shape index (κ3) is 3.22. The van der Waals surface area contributed by atoms with Crippen LogP contribution >= 0.6 is 0 Å². The zero-order valence-electron chi connectivity index (χ0n) is 13.5. The topological polar surface area (TPSA) is 49.6 Å². The van der Waals surface area contributed by atoms with Crippen LogP contribution in [0, 0.1) is 17.8 Å². The van der Waals surface area contributed by atoms with Crippen molar-refractivity contribution in [2.45, 2.75) is 51.0 Å². The van der Waals surface area contributed by atoms with Crippen LogP contribution in [0.25, 0.3) is 0 Å². The first-order valence-corrected chi connectivity index (χ1v) is 9.46. The summed E-state index contributed by atoms with van der Waals surface area (Å²) in [5, 5.41) is 4.43. The molecular formula is C18H23N4Se. The van der Waals surface area contributed by atoms with Gasteiger partial charge in [-0.15, -0.1) is 0 Å². The number of nitrogens with one attached hydrogen (secondary N) is 1. The second-order valence-electron chi connectivity index (χ2n) is 7.58. The van der Waals surface area contributed by atoms with Crippen molar-refractivity contribution in [3.63, 3.8) is 0 Å². The molecule has 1 aromatic rings. The van der Waals surface area contributed by atoms with Gasteiger partial charge in [-0.2, -0.15) is 0 Å². The molecular weight excluding hydrogens is 351 g/mol. The Labute approximate surface area is 146 Å². The van der Waals surface area contributed by atoms with Crippen LogP contribution in [0.5, 0.6) is 0 Å². The van der Waals surface area contributed by atoms with Crippen molar-refractivity contribution in [1.82, 2.24) is 10.4 Å². The van der Waals surface area contributed by atoms with Gasteiger partial charge in [0.2, 0.25) is 0 Å². The van der Waals surface area contributed by atoms with Gasteiger partial charge in [0.25, 0.3) is 0 Å². The van der Waals surface area contributed by atoms with E-state index in [0.717, 1.165) is 33.9 Å². The molecule has 1 radical (unpaired) electrons. The van der Waals surface area contributed by atoms with Gasteiger partial charge < -0.3 is 0 Å². The Morgan fingerprint density at radius 2 is 1.83 bits per heavy atom. The number of aromatic nitrogens is 1. The van der Waals surface area contributed by atoms with Crippen molar-refractivity contribution in [1.29, 1.82) is 0 Å². The zero-order valence-corrected chi connectivity index (χ0v) is 15.2. The fourth-order valence-corrected chi connectivity index (χ4v) is 5.71. The van der Waals surface area contributed by atoms with Gasteiger partial charge in [-0.1, -0.05) is 0 Å². The van der Waals surface area contributed by atoms with Crippen molar-refractivity contribution in [2.75, 3.05) is 0 Å². The fraction of sp³-hybridized carbons (Fsp3) is 0.611. The summed E-state index contributed by atoms with van der Waals surface area (Å²) in [6.07, 6.45) is 9.95.